The molecule has 4 nitrogen and oxygen atoms in total. The van der Waals surface area contributed by atoms with Crippen molar-refractivity contribution in [2.24, 2.45) is 0 Å². The van der Waals surface area contributed by atoms with Gasteiger partial charge in [0.05, 0.1) is 0 Å². The van der Waals surface area contributed by atoms with Crippen LogP contribution in [0, 0.1) is 5.21 Å². The maximum atomic E-state index is 10.4. The topological polar surface area (TPSA) is 53.3 Å². The molecule has 0 aliphatic rings. The molecule has 0 aromatic heterocycles. The highest BCUT2D eigenvalue weighted by Crippen LogP contribution is 1.90. The van der Waals surface area contributed by atoms with Crippen LogP contribution in [0.5, 0.6) is 0 Å². The van der Waals surface area contributed by atoms with E-state index in [0.717, 1.165) is 11.5 Å². The van der Waals surface area contributed by atoms with Crippen molar-refractivity contribution in [2.45, 2.75) is 13.3 Å². The fraction of sp³-hybridized carbons (Fsp3) is 1.00. The average molecular weight is 117 g/mol. The highest BCUT2D eigenvalue weighted by Gasteiger charge is 1.82. The first kappa shape index (κ1) is 7.84. The number of hydrogen-bond donors (Lipinski definition) is 0. The van der Waals surface area contributed by atoms with Crippen LogP contribution in [0.4, 0.5) is 0 Å². The molecule has 0 aromatic carbocycles. The fourth-order valence-electron chi connectivity index (χ4n) is 0.341. The van der Waals surface area contributed by atoms with Gasteiger partial charge in [-0.3, -0.25) is 0 Å². The molecule has 0 saturated heterocycles. The molecule has 0 saturated carbocycles. The van der Waals surface area contributed by atoms with Gasteiger partial charge in [0, 0.05) is 0 Å². The SMILES string of the molecule is CCCN([O-])N(C)[NH-]. The summed E-state index contributed by atoms with van der Waals surface area (Å²) in [7, 11) is 1.41. The summed E-state index contributed by atoms with van der Waals surface area (Å²) in [6.45, 7) is 2.30. The van der Waals surface area contributed by atoms with Gasteiger partial charge in [0.25, 0.3) is 0 Å². The standard InChI is InChI=1S/C4H11N3O/c1-3-4-7(8)6(2)5/h5H,3-4H2,1-2H3/q-2. The van der Waals surface area contributed by atoms with Crippen LogP contribution in [0.1, 0.15) is 13.3 Å². The van der Waals surface area contributed by atoms with Crippen LogP contribution in [-0.2, 0) is 0 Å². The minimum absolute atomic E-state index is 0.403. The van der Waals surface area contributed by atoms with Crippen LogP contribution in [0.25, 0.3) is 5.84 Å². The molecule has 0 aromatic rings. The summed E-state index contributed by atoms with van der Waals surface area (Å²) in [6, 6.07) is 0. The lowest BCUT2D eigenvalue weighted by atomic mass is 10.5. The van der Waals surface area contributed by atoms with Gasteiger partial charge in [-0.05, 0) is 20.0 Å². The summed E-state index contributed by atoms with van der Waals surface area (Å²) in [4.78, 5) is 0. The fourth-order valence-corrected chi connectivity index (χ4v) is 0.341. The van der Waals surface area contributed by atoms with E-state index < -0.39 is 0 Å². The summed E-state index contributed by atoms with van der Waals surface area (Å²) in [5.41, 5.74) is 0. The Morgan fingerprint density at radius 1 is 1.62 bits per heavy atom. The predicted molar refractivity (Wildman–Crippen MR) is 32.4 cm³/mol. The highest BCUT2D eigenvalue weighted by molar-refractivity contribution is 4.50. The largest absolute Gasteiger partial charge is 0.773 e. The first-order chi connectivity index (χ1) is 3.68. The van der Waals surface area contributed by atoms with E-state index in [-0.39, 0.29) is 0 Å². The lowest BCUT2D eigenvalue weighted by Gasteiger charge is -2.41. The normalized spacial score (nSPS) is 11.2. The van der Waals surface area contributed by atoms with Gasteiger partial charge in [-0.2, -0.15) is 0 Å². The second-order valence-corrected chi connectivity index (χ2v) is 1.60. The van der Waals surface area contributed by atoms with Crippen molar-refractivity contribution < 1.29 is 0 Å². The van der Waals surface area contributed by atoms with Crippen LogP contribution in [0.3, 0.4) is 0 Å². The highest BCUT2D eigenvalue weighted by atomic mass is 16.6. The Morgan fingerprint density at radius 3 is 2.25 bits per heavy atom. The Morgan fingerprint density at radius 2 is 2.12 bits per heavy atom. The molecule has 0 bridgehead atoms. The lowest BCUT2D eigenvalue weighted by Crippen LogP contribution is -2.29. The summed E-state index contributed by atoms with van der Waals surface area (Å²) in [6.07, 6.45) is 0.784. The number of hydrogen-bond acceptors (Lipinski definition) is 3. The number of hydroxylamine groups is 1. The van der Waals surface area contributed by atoms with Crippen molar-refractivity contribution in [1.29, 1.82) is 0 Å². The Hall–Kier alpha value is -0.160. The van der Waals surface area contributed by atoms with Crippen molar-refractivity contribution in [1.82, 2.24) is 10.3 Å². The second-order valence-electron chi connectivity index (χ2n) is 1.60. The zero-order valence-corrected chi connectivity index (χ0v) is 5.22. The molecule has 1 N–H and O–H groups in total. The van der Waals surface area contributed by atoms with E-state index in [2.05, 4.69) is 0 Å². The van der Waals surface area contributed by atoms with Crippen molar-refractivity contribution in [3.8, 4) is 0 Å². The molecule has 0 spiro atoms. The zero-order chi connectivity index (χ0) is 6.57. The first-order valence-corrected chi connectivity index (χ1v) is 2.58. The van der Waals surface area contributed by atoms with Gasteiger partial charge in [0.15, 0.2) is 0 Å². The van der Waals surface area contributed by atoms with Crippen LogP contribution in [-0.4, -0.2) is 23.9 Å². The van der Waals surface area contributed by atoms with Crippen LogP contribution in [0.15, 0.2) is 0 Å². The molecule has 0 fully saturated rings. The van der Waals surface area contributed by atoms with E-state index >= 15 is 0 Å². The second kappa shape index (κ2) is 3.80. The zero-order valence-electron chi connectivity index (χ0n) is 5.22. The summed E-state index contributed by atoms with van der Waals surface area (Å²) in [5.74, 6) is 6.73. The summed E-state index contributed by atoms with van der Waals surface area (Å²) >= 11 is 0. The molecule has 0 aliphatic carbocycles. The van der Waals surface area contributed by atoms with Crippen LogP contribution < -0.4 is 0 Å². The summed E-state index contributed by atoms with van der Waals surface area (Å²) < 4.78 is 0. The van der Waals surface area contributed by atoms with Gasteiger partial charge in [0.2, 0.25) is 0 Å². The molecular formula is C4H11N3O-2. The minimum atomic E-state index is 0.403. The smallest absolute Gasteiger partial charge is 0.00214 e. The van der Waals surface area contributed by atoms with Gasteiger partial charge in [-0.25, -0.2) is 0 Å². The maximum Gasteiger partial charge on any atom is -0.00214 e. The van der Waals surface area contributed by atoms with Crippen molar-refractivity contribution in [2.75, 3.05) is 13.6 Å². The Labute approximate surface area is 49.4 Å². The Kier molecular flexibility index (Phi) is 3.72. The van der Waals surface area contributed by atoms with E-state index in [1.165, 1.54) is 7.05 Å². The van der Waals surface area contributed by atoms with Gasteiger partial charge in [-0.1, -0.05) is 6.92 Å². The molecule has 0 radical (unpaired) electrons. The molecule has 0 heterocycles. The van der Waals surface area contributed by atoms with E-state index in [1.54, 1.807) is 0 Å². The Bertz CT molecular complexity index is 57.2. The quantitative estimate of drug-likeness (QED) is 0.518. The molecule has 8 heavy (non-hydrogen) atoms. The number of nitrogens with one attached hydrogen (secondary N) is 1. The lowest BCUT2D eigenvalue weighted by molar-refractivity contribution is 0.109. The summed E-state index contributed by atoms with van der Waals surface area (Å²) in [5, 5.41) is 11.8. The van der Waals surface area contributed by atoms with Gasteiger partial charge in [-0.15, -0.1) is 0 Å². The third kappa shape index (κ3) is 2.92. The Balaban J connectivity index is 3.17. The van der Waals surface area contributed by atoms with Gasteiger partial charge >= 0.3 is 0 Å². The molecule has 0 aliphatic heterocycles. The van der Waals surface area contributed by atoms with E-state index in [9.17, 15) is 5.21 Å². The van der Waals surface area contributed by atoms with Gasteiger partial charge < -0.3 is 21.3 Å². The number of nitrogens with zero attached hydrogens (tertiary/aromatic N) is 2. The third-order valence-corrected chi connectivity index (χ3v) is 0.750. The van der Waals surface area contributed by atoms with Crippen LogP contribution >= 0.6 is 0 Å². The van der Waals surface area contributed by atoms with Crippen molar-refractivity contribution >= 4 is 0 Å². The number of hydrazine groups is 1. The minimum Gasteiger partial charge on any atom is -0.773 e. The van der Waals surface area contributed by atoms with Crippen LogP contribution in [0.2, 0.25) is 0 Å². The van der Waals surface area contributed by atoms with E-state index in [4.69, 9.17) is 5.84 Å². The average Bonchev–Trinajstić information content (AvgIpc) is 1.67. The maximum absolute atomic E-state index is 10.4. The van der Waals surface area contributed by atoms with E-state index in [0.29, 0.717) is 11.7 Å². The third-order valence-electron chi connectivity index (χ3n) is 0.750. The van der Waals surface area contributed by atoms with E-state index in [1.807, 2.05) is 6.92 Å². The molecule has 0 rings (SSSR count). The molecule has 0 unspecified atom stereocenters. The molecule has 0 amide bonds. The number of rotatable bonds is 3. The molecule has 4 heteroatoms. The molecular weight excluding hydrogens is 106 g/mol. The monoisotopic (exact) mass is 117 g/mol. The van der Waals surface area contributed by atoms with Crippen molar-refractivity contribution in [3.05, 3.63) is 11.0 Å². The first-order valence-electron chi connectivity index (χ1n) is 2.58. The molecule has 50 valence electrons. The van der Waals surface area contributed by atoms with Crippen molar-refractivity contribution in [3.63, 3.8) is 0 Å². The molecule has 0 atom stereocenters. The predicted octanol–water partition coefficient (Wildman–Crippen LogP) is 1.01. The van der Waals surface area contributed by atoms with Gasteiger partial charge in [0.1, 0.15) is 0 Å².